The summed E-state index contributed by atoms with van der Waals surface area (Å²) in [4.78, 5) is 25.8. The molecule has 2 heterocycles. The Kier molecular flexibility index (Phi) is 5.06. The van der Waals surface area contributed by atoms with Gasteiger partial charge in [0.25, 0.3) is 0 Å². The number of nitrogens with zero attached hydrogens (tertiary/aromatic N) is 1. The van der Waals surface area contributed by atoms with Crippen LogP contribution in [0.2, 0.25) is 10.0 Å². The van der Waals surface area contributed by atoms with Gasteiger partial charge in [0.05, 0.1) is 12.8 Å². The zero-order valence-electron chi connectivity index (χ0n) is 14.4. The maximum Gasteiger partial charge on any atom is 0.231 e. The van der Waals surface area contributed by atoms with Crippen molar-refractivity contribution in [3.63, 3.8) is 0 Å². The topological polar surface area (TPSA) is 49.4 Å². The van der Waals surface area contributed by atoms with Gasteiger partial charge in [-0.15, -0.1) is 11.6 Å². The number of fused-ring (bicyclic) bond motifs is 2. The maximum atomic E-state index is 12.5. The molecule has 7 heteroatoms. The number of carbonyl (C=O) groups is 2. The lowest BCUT2D eigenvalue weighted by Gasteiger charge is -2.19. The Labute approximate surface area is 172 Å². The first-order chi connectivity index (χ1) is 13.0. The molecule has 2 amide bonds. The number of aryl methyl sites for hydroxylation is 1. The van der Waals surface area contributed by atoms with Gasteiger partial charge in [0, 0.05) is 33.8 Å². The Morgan fingerprint density at radius 1 is 0.926 bits per heavy atom. The zero-order chi connectivity index (χ0) is 19.1. The second-order valence-corrected chi connectivity index (χ2v) is 8.00. The molecule has 0 aromatic heterocycles. The summed E-state index contributed by atoms with van der Waals surface area (Å²) >= 11 is 18.6. The third kappa shape index (κ3) is 3.54. The number of carbonyl (C=O) groups excluding carboxylic acids is 2. The molecule has 0 unspecified atom stereocenters. The van der Waals surface area contributed by atoms with Gasteiger partial charge in [0.1, 0.15) is 0 Å². The van der Waals surface area contributed by atoms with Crippen LogP contribution in [0.1, 0.15) is 22.3 Å². The highest BCUT2D eigenvalue weighted by atomic mass is 35.5. The van der Waals surface area contributed by atoms with E-state index in [1.54, 1.807) is 11.0 Å². The molecule has 27 heavy (non-hydrogen) atoms. The largest absolute Gasteiger partial charge is 0.325 e. The van der Waals surface area contributed by atoms with Crippen LogP contribution >= 0.6 is 34.8 Å². The summed E-state index contributed by atoms with van der Waals surface area (Å²) in [5.41, 5.74) is 5.46. The van der Waals surface area contributed by atoms with Crippen molar-refractivity contribution in [2.45, 2.75) is 25.7 Å². The van der Waals surface area contributed by atoms with Crippen molar-refractivity contribution >= 4 is 58.0 Å². The molecule has 2 aromatic rings. The molecule has 0 aliphatic carbocycles. The zero-order valence-corrected chi connectivity index (χ0v) is 16.7. The van der Waals surface area contributed by atoms with Crippen LogP contribution in [0.15, 0.2) is 24.3 Å². The van der Waals surface area contributed by atoms with Crippen LogP contribution in [0.4, 0.5) is 11.4 Å². The number of anilines is 2. The number of hydrogen-bond donors (Lipinski definition) is 1. The first-order valence-corrected chi connectivity index (χ1v) is 10.0. The fraction of sp³-hybridized carbons (Fsp3) is 0.300. The Balaban J connectivity index is 1.55. The highest BCUT2D eigenvalue weighted by Gasteiger charge is 2.28. The van der Waals surface area contributed by atoms with Crippen molar-refractivity contribution < 1.29 is 9.59 Å². The van der Waals surface area contributed by atoms with Gasteiger partial charge in [-0.3, -0.25) is 9.59 Å². The van der Waals surface area contributed by atoms with Crippen molar-refractivity contribution in [2.24, 2.45) is 0 Å². The molecule has 2 aliphatic rings. The van der Waals surface area contributed by atoms with E-state index < -0.39 is 0 Å². The van der Waals surface area contributed by atoms with E-state index in [-0.39, 0.29) is 11.8 Å². The summed E-state index contributed by atoms with van der Waals surface area (Å²) < 4.78 is 0. The Morgan fingerprint density at radius 2 is 1.63 bits per heavy atom. The van der Waals surface area contributed by atoms with Gasteiger partial charge < -0.3 is 10.2 Å². The minimum absolute atomic E-state index is 0.0238. The van der Waals surface area contributed by atoms with Crippen LogP contribution in [0.5, 0.6) is 0 Å². The van der Waals surface area contributed by atoms with Gasteiger partial charge in [-0.25, -0.2) is 0 Å². The lowest BCUT2D eigenvalue weighted by Crippen LogP contribution is -2.29. The number of benzene rings is 2. The van der Waals surface area contributed by atoms with Crippen LogP contribution in [-0.4, -0.2) is 24.2 Å². The Morgan fingerprint density at radius 3 is 2.41 bits per heavy atom. The van der Waals surface area contributed by atoms with E-state index in [1.165, 1.54) is 0 Å². The van der Waals surface area contributed by atoms with Crippen LogP contribution < -0.4 is 10.2 Å². The van der Waals surface area contributed by atoms with Gasteiger partial charge in [0.2, 0.25) is 11.8 Å². The first-order valence-electron chi connectivity index (χ1n) is 8.75. The average molecular weight is 424 g/mol. The standard InChI is InChI=1S/C20H17Cl3N2O2/c21-3-1-11-6-14-8-20(27)25(18(14)10-16(11)23)4-2-12-5-13-7-19(26)24-17(13)9-15(12)22/h5-6,9-10H,1-4,7-8H2,(H,24,26). The van der Waals surface area contributed by atoms with Gasteiger partial charge >= 0.3 is 0 Å². The van der Waals surface area contributed by atoms with Crippen molar-refractivity contribution in [1.29, 1.82) is 0 Å². The molecule has 0 radical (unpaired) electrons. The smallest absolute Gasteiger partial charge is 0.231 e. The highest BCUT2D eigenvalue weighted by molar-refractivity contribution is 6.32. The Bertz CT molecular complexity index is 959. The molecule has 0 spiro atoms. The molecule has 0 fully saturated rings. The van der Waals surface area contributed by atoms with Crippen LogP contribution in [0.3, 0.4) is 0 Å². The van der Waals surface area contributed by atoms with E-state index in [0.717, 1.165) is 33.6 Å². The number of hydrogen-bond acceptors (Lipinski definition) is 2. The summed E-state index contributed by atoms with van der Waals surface area (Å²) in [6, 6.07) is 7.58. The third-order valence-corrected chi connectivity index (χ3v) is 5.94. The van der Waals surface area contributed by atoms with E-state index in [2.05, 4.69) is 5.32 Å². The second kappa shape index (κ2) is 7.34. The van der Waals surface area contributed by atoms with Gasteiger partial charge in [-0.05, 0) is 47.2 Å². The van der Waals surface area contributed by atoms with Crippen molar-refractivity contribution in [3.8, 4) is 0 Å². The van der Waals surface area contributed by atoms with Crippen molar-refractivity contribution in [2.75, 3.05) is 22.6 Å². The lowest BCUT2D eigenvalue weighted by atomic mass is 10.0. The molecule has 0 bridgehead atoms. The summed E-state index contributed by atoms with van der Waals surface area (Å²) in [6.07, 6.45) is 2.02. The first kappa shape index (κ1) is 18.6. The predicted molar refractivity (Wildman–Crippen MR) is 109 cm³/mol. The van der Waals surface area contributed by atoms with Gasteiger partial charge in [-0.1, -0.05) is 35.3 Å². The van der Waals surface area contributed by atoms with Crippen molar-refractivity contribution in [1.82, 2.24) is 0 Å². The molecule has 0 saturated carbocycles. The predicted octanol–water partition coefficient (Wildman–Crippen LogP) is 4.40. The highest BCUT2D eigenvalue weighted by Crippen LogP contribution is 2.35. The molecular weight excluding hydrogens is 407 g/mol. The fourth-order valence-corrected chi connectivity index (χ4v) is 4.42. The fourth-order valence-electron chi connectivity index (χ4n) is 3.71. The monoisotopic (exact) mass is 422 g/mol. The van der Waals surface area contributed by atoms with Crippen LogP contribution in [0, 0.1) is 0 Å². The van der Waals surface area contributed by atoms with Crippen molar-refractivity contribution in [3.05, 3.63) is 56.6 Å². The SMILES string of the molecule is O=C1Cc2cc(CCN3C(=O)Cc4cc(CCCl)c(Cl)cc43)c(Cl)cc2N1. The van der Waals surface area contributed by atoms with E-state index in [4.69, 9.17) is 34.8 Å². The molecule has 4 nitrogen and oxygen atoms in total. The summed E-state index contributed by atoms with van der Waals surface area (Å²) in [6.45, 7) is 0.511. The quantitative estimate of drug-likeness (QED) is 0.725. The lowest BCUT2D eigenvalue weighted by molar-refractivity contribution is -0.117. The molecule has 2 aromatic carbocycles. The summed E-state index contributed by atoms with van der Waals surface area (Å²) in [5, 5.41) is 4.02. The van der Waals surface area contributed by atoms with E-state index in [0.29, 0.717) is 48.2 Å². The average Bonchev–Trinajstić information content (AvgIpc) is 3.11. The Hall–Kier alpha value is -1.75. The molecule has 0 atom stereocenters. The molecular formula is C20H17Cl3N2O2. The maximum absolute atomic E-state index is 12.5. The normalized spacial score (nSPS) is 15.1. The number of nitrogens with one attached hydrogen (secondary N) is 1. The van der Waals surface area contributed by atoms with E-state index in [1.807, 2.05) is 18.2 Å². The third-order valence-electron chi connectivity index (χ3n) is 5.05. The number of amides is 2. The molecule has 2 aliphatic heterocycles. The molecule has 4 rings (SSSR count). The number of alkyl halides is 1. The van der Waals surface area contributed by atoms with Gasteiger partial charge in [-0.2, -0.15) is 0 Å². The van der Waals surface area contributed by atoms with Gasteiger partial charge in [0.15, 0.2) is 0 Å². The molecule has 140 valence electrons. The number of rotatable bonds is 5. The van der Waals surface area contributed by atoms with E-state index >= 15 is 0 Å². The number of halogens is 3. The summed E-state index contributed by atoms with van der Waals surface area (Å²) in [7, 11) is 0. The minimum Gasteiger partial charge on any atom is -0.325 e. The van der Waals surface area contributed by atoms with Crippen LogP contribution in [-0.2, 0) is 35.3 Å². The van der Waals surface area contributed by atoms with Crippen LogP contribution in [0.25, 0.3) is 0 Å². The second-order valence-electron chi connectivity index (χ2n) is 6.81. The minimum atomic E-state index is -0.0238. The van der Waals surface area contributed by atoms with E-state index in [9.17, 15) is 9.59 Å². The summed E-state index contributed by atoms with van der Waals surface area (Å²) in [5.74, 6) is 0.520. The molecule has 1 N–H and O–H groups in total. The molecule has 0 saturated heterocycles.